The third-order valence-electron chi connectivity index (χ3n) is 6.20. The van der Waals surface area contributed by atoms with Gasteiger partial charge >= 0.3 is 5.97 Å². The minimum Gasteiger partial charge on any atom is -0.481 e. The Hall–Kier alpha value is -4.03. The lowest BCUT2D eigenvalue weighted by atomic mass is 9.82. The summed E-state index contributed by atoms with van der Waals surface area (Å²) in [6.45, 7) is 2.07. The molecule has 4 rings (SSSR count). The molecule has 0 radical (unpaired) electrons. The summed E-state index contributed by atoms with van der Waals surface area (Å²) in [6.07, 6.45) is 0.966. The highest BCUT2D eigenvalue weighted by molar-refractivity contribution is 6.06. The monoisotopic (exact) mass is 468 g/mol. The Morgan fingerprint density at radius 2 is 1.60 bits per heavy atom. The van der Waals surface area contributed by atoms with E-state index >= 15 is 0 Å². The van der Waals surface area contributed by atoms with Gasteiger partial charge in [0.25, 0.3) is 5.91 Å². The van der Waals surface area contributed by atoms with E-state index in [0.29, 0.717) is 28.6 Å². The third kappa shape index (κ3) is 5.73. The van der Waals surface area contributed by atoms with Crippen LogP contribution in [-0.4, -0.2) is 28.6 Å². The molecular formula is C29H28N2O4. The molecule has 35 heavy (non-hydrogen) atoms. The van der Waals surface area contributed by atoms with E-state index in [1.165, 1.54) is 0 Å². The van der Waals surface area contributed by atoms with Gasteiger partial charge in [-0.15, -0.1) is 0 Å². The average Bonchev–Trinajstić information content (AvgIpc) is 2.90. The second kappa shape index (κ2) is 11.4. The van der Waals surface area contributed by atoms with Crippen molar-refractivity contribution in [2.75, 3.05) is 6.61 Å². The maximum atomic E-state index is 13.1. The molecule has 2 atom stereocenters. The maximum Gasteiger partial charge on any atom is 0.307 e. The van der Waals surface area contributed by atoms with Crippen molar-refractivity contribution in [3.63, 3.8) is 0 Å². The van der Waals surface area contributed by atoms with E-state index in [-0.39, 0.29) is 18.9 Å². The zero-order chi connectivity index (χ0) is 24.6. The van der Waals surface area contributed by atoms with Crippen LogP contribution in [0.3, 0.4) is 0 Å². The van der Waals surface area contributed by atoms with Crippen LogP contribution in [0.2, 0.25) is 0 Å². The number of hydrogen-bond acceptors (Lipinski definition) is 4. The standard InChI is InChI=1S/C29H28N2O4/c1-2-22(20-11-5-3-6-12-20)24(29(33)34)17-18-35-31-28(32)25-19-27(21-13-7-4-8-14-21)30-26-16-10-9-15-23(25)26/h3-16,19,22,24H,2,17-18H2,1H3,(H,31,32)(H,33,34). The predicted molar refractivity (Wildman–Crippen MR) is 136 cm³/mol. The highest BCUT2D eigenvalue weighted by atomic mass is 16.6. The fraction of sp³-hybridized carbons (Fsp3) is 0.207. The number of nitrogens with zero attached hydrogens (tertiary/aromatic N) is 1. The first-order valence-electron chi connectivity index (χ1n) is 11.7. The molecule has 2 N–H and O–H groups in total. The van der Waals surface area contributed by atoms with Crippen molar-refractivity contribution in [3.05, 3.63) is 102 Å². The minimum atomic E-state index is -0.872. The summed E-state index contributed by atoms with van der Waals surface area (Å²) in [7, 11) is 0. The number of nitrogens with one attached hydrogen (secondary N) is 1. The molecule has 6 nitrogen and oxygen atoms in total. The van der Waals surface area contributed by atoms with E-state index < -0.39 is 17.8 Å². The van der Waals surface area contributed by atoms with Crippen LogP contribution in [0.1, 0.15) is 41.6 Å². The van der Waals surface area contributed by atoms with Crippen molar-refractivity contribution in [1.29, 1.82) is 0 Å². The Balaban J connectivity index is 1.46. The Morgan fingerprint density at radius 1 is 0.943 bits per heavy atom. The lowest BCUT2D eigenvalue weighted by Gasteiger charge is -2.23. The molecule has 178 valence electrons. The van der Waals surface area contributed by atoms with Crippen LogP contribution in [-0.2, 0) is 9.63 Å². The molecule has 0 saturated carbocycles. The van der Waals surface area contributed by atoms with E-state index in [0.717, 1.165) is 11.1 Å². The van der Waals surface area contributed by atoms with E-state index in [9.17, 15) is 14.7 Å². The first-order valence-corrected chi connectivity index (χ1v) is 11.7. The number of carboxylic acid groups (broad SMARTS) is 1. The van der Waals surface area contributed by atoms with Crippen molar-refractivity contribution in [2.24, 2.45) is 5.92 Å². The van der Waals surface area contributed by atoms with Crippen molar-refractivity contribution in [3.8, 4) is 11.3 Å². The summed E-state index contributed by atoms with van der Waals surface area (Å²) in [5, 5.41) is 10.5. The topological polar surface area (TPSA) is 88.5 Å². The molecule has 0 spiro atoms. The van der Waals surface area contributed by atoms with Crippen LogP contribution >= 0.6 is 0 Å². The molecule has 0 aliphatic heterocycles. The van der Waals surface area contributed by atoms with Gasteiger partial charge in [0.15, 0.2) is 0 Å². The van der Waals surface area contributed by atoms with Crippen LogP contribution in [0.5, 0.6) is 0 Å². The number of hydrogen-bond donors (Lipinski definition) is 2. The van der Waals surface area contributed by atoms with Crippen molar-refractivity contribution in [2.45, 2.75) is 25.7 Å². The van der Waals surface area contributed by atoms with Crippen LogP contribution in [0, 0.1) is 5.92 Å². The van der Waals surface area contributed by atoms with Gasteiger partial charge in [0.2, 0.25) is 0 Å². The minimum absolute atomic E-state index is 0.0839. The van der Waals surface area contributed by atoms with E-state index in [1.807, 2.05) is 91.9 Å². The number of hydroxylamine groups is 1. The lowest BCUT2D eigenvalue weighted by Crippen LogP contribution is -2.28. The Morgan fingerprint density at radius 3 is 2.29 bits per heavy atom. The molecule has 0 bridgehead atoms. The number of rotatable bonds is 10. The summed E-state index contributed by atoms with van der Waals surface area (Å²) < 4.78 is 0. The summed E-state index contributed by atoms with van der Waals surface area (Å²) >= 11 is 0. The molecule has 1 heterocycles. The number of amides is 1. The number of carbonyl (C=O) groups excluding carboxylic acids is 1. The molecule has 4 aromatic rings. The quantitative estimate of drug-likeness (QED) is 0.225. The number of pyridine rings is 1. The number of aromatic nitrogens is 1. The number of para-hydroxylation sites is 1. The fourth-order valence-electron chi connectivity index (χ4n) is 4.43. The summed E-state index contributed by atoms with van der Waals surface area (Å²) in [5.74, 6) is -2.03. The van der Waals surface area contributed by atoms with Crippen LogP contribution < -0.4 is 5.48 Å². The van der Waals surface area contributed by atoms with Crippen molar-refractivity contribution < 1.29 is 19.5 Å². The predicted octanol–water partition coefficient (Wildman–Crippen LogP) is 5.85. The van der Waals surface area contributed by atoms with Gasteiger partial charge in [-0.3, -0.25) is 14.4 Å². The molecular weight excluding hydrogens is 440 g/mol. The molecule has 1 aromatic heterocycles. The summed E-state index contributed by atoms with van der Waals surface area (Å²) in [5.41, 5.74) is 6.24. The Kier molecular flexibility index (Phi) is 7.85. The first kappa shape index (κ1) is 24.1. The first-order chi connectivity index (χ1) is 17.1. The Labute approximate surface area is 204 Å². The second-order valence-electron chi connectivity index (χ2n) is 8.38. The SMILES string of the molecule is CCC(c1ccccc1)C(CCONC(=O)c1cc(-c2ccccc2)nc2ccccc12)C(=O)O. The zero-order valence-corrected chi connectivity index (χ0v) is 19.6. The molecule has 0 aliphatic rings. The van der Waals surface area contributed by atoms with Crippen molar-refractivity contribution in [1.82, 2.24) is 10.5 Å². The zero-order valence-electron chi connectivity index (χ0n) is 19.6. The third-order valence-corrected chi connectivity index (χ3v) is 6.20. The lowest BCUT2D eigenvalue weighted by molar-refractivity contribution is -0.143. The molecule has 3 aromatic carbocycles. The molecule has 0 fully saturated rings. The number of carbonyl (C=O) groups is 2. The van der Waals surface area contributed by atoms with Gasteiger partial charge in [0.1, 0.15) is 0 Å². The van der Waals surface area contributed by atoms with Crippen molar-refractivity contribution >= 4 is 22.8 Å². The van der Waals surface area contributed by atoms with E-state index in [1.54, 1.807) is 6.07 Å². The highest BCUT2D eigenvalue weighted by Gasteiger charge is 2.28. The maximum absolute atomic E-state index is 13.1. The smallest absolute Gasteiger partial charge is 0.307 e. The van der Waals surface area contributed by atoms with Crippen LogP contribution in [0.4, 0.5) is 0 Å². The summed E-state index contributed by atoms with van der Waals surface area (Å²) in [4.78, 5) is 35.2. The van der Waals surface area contributed by atoms with Gasteiger partial charge < -0.3 is 5.11 Å². The van der Waals surface area contributed by atoms with Gasteiger partial charge in [-0.2, -0.15) is 0 Å². The normalized spacial score (nSPS) is 12.7. The number of carboxylic acids is 1. The van der Waals surface area contributed by atoms with E-state index in [2.05, 4.69) is 5.48 Å². The Bertz CT molecular complexity index is 1290. The fourth-order valence-corrected chi connectivity index (χ4v) is 4.43. The second-order valence-corrected chi connectivity index (χ2v) is 8.38. The molecule has 0 aliphatic carbocycles. The van der Waals surface area contributed by atoms with Crippen LogP contribution in [0.15, 0.2) is 91.0 Å². The number of fused-ring (bicyclic) bond motifs is 1. The molecule has 6 heteroatoms. The molecule has 1 amide bonds. The van der Waals surface area contributed by atoms with Gasteiger partial charge in [0, 0.05) is 10.9 Å². The average molecular weight is 469 g/mol. The molecule has 0 saturated heterocycles. The number of aliphatic carboxylic acids is 1. The largest absolute Gasteiger partial charge is 0.481 e. The van der Waals surface area contributed by atoms with Gasteiger partial charge in [-0.25, -0.2) is 10.5 Å². The molecule has 2 unspecified atom stereocenters. The summed E-state index contributed by atoms with van der Waals surface area (Å²) in [6, 6.07) is 28.5. The van der Waals surface area contributed by atoms with Gasteiger partial charge in [0.05, 0.1) is 29.3 Å². The van der Waals surface area contributed by atoms with Gasteiger partial charge in [-0.1, -0.05) is 85.8 Å². The highest BCUT2D eigenvalue weighted by Crippen LogP contribution is 2.31. The van der Waals surface area contributed by atoms with Crippen LogP contribution in [0.25, 0.3) is 22.2 Å². The number of benzene rings is 3. The van der Waals surface area contributed by atoms with E-state index in [4.69, 9.17) is 9.82 Å². The van der Waals surface area contributed by atoms with Gasteiger partial charge in [-0.05, 0) is 36.5 Å².